The van der Waals surface area contributed by atoms with Crippen LogP contribution in [0.5, 0.6) is 0 Å². The van der Waals surface area contributed by atoms with Crippen LogP contribution in [0.1, 0.15) is 59.8 Å². The summed E-state index contributed by atoms with van der Waals surface area (Å²) in [6, 6.07) is 0. The molecule has 0 aliphatic heterocycles. The summed E-state index contributed by atoms with van der Waals surface area (Å²) in [7, 11) is 0. The number of rotatable bonds is 3. The first kappa shape index (κ1) is 11.1. The quantitative estimate of drug-likeness (QED) is 0.603. The second-order valence-corrected chi connectivity index (χ2v) is 5.20. The summed E-state index contributed by atoms with van der Waals surface area (Å²) in [6.07, 6.45) is 7.21. The van der Waals surface area contributed by atoms with Gasteiger partial charge in [0.2, 0.25) is 0 Å². The minimum Gasteiger partial charge on any atom is -0.0654 e. The average molecular weight is 182 g/mol. The molecule has 78 valence electrons. The lowest BCUT2D eigenvalue weighted by atomic mass is 9.67. The minimum atomic E-state index is 0.968. The number of hydrogen-bond donors (Lipinski definition) is 0. The molecule has 4 atom stereocenters. The van der Waals surface area contributed by atoms with E-state index >= 15 is 0 Å². The molecule has 1 rings (SSSR count). The van der Waals surface area contributed by atoms with Gasteiger partial charge in [0, 0.05) is 0 Å². The highest BCUT2D eigenvalue weighted by atomic mass is 14.4. The van der Waals surface area contributed by atoms with Crippen LogP contribution in [0.4, 0.5) is 0 Å². The van der Waals surface area contributed by atoms with Crippen LogP contribution in [0.3, 0.4) is 0 Å². The van der Waals surface area contributed by atoms with Crippen molar-refractivity contribution >= 4 is 0 Å². The largest absolute Gasteiger partial charge is 0.0654 e. The first-order valence-corrected chi connectivity index (χ1v) is 6.16. The predicted octanol–water partition coefficient (Wildman–Crippen LogP) is 4.49. The van der Waals surface area contributed by atoms with Crippen LogP contribution >= 0.6 is 0 Å². The van der Waals surface area contributed by atoms with E-state index in [-0.39, 0.29) is 0 Å². The second-order valence-electron chi connectivity index (χ2n) is 5.20. The van der Waals surface area contributed by atoms with E-state index in [0.717, 1.165) is 23.7 Å². The number of hydrogen-bond acceptors (Lipinski definition) is 0. The Hall–Kier alpha value is 0. The Morgan fingerprint density at radius 2 is 1.62 bits per heavy atom. The van der Waals surface area contributed by atoms with Crippen molar-refractivity contribution in [3.05, 3.63) is 0 Å². The maximum atomic E-state index is 2.47. The molecular formula is C13H26. The fourth-order valence-electron chi connectivity index (χ4n) is 2.93. The van der Waals surface area contributed by atoms with Gasteiger partial charge < -0.3 is 0 Å². The van der Waals surface area contributed by atoms with E-state index < -0.39 is 0 Å². The third kappa shape index (κ3) is 2.72. The molecule has 0 aromatic heterocycles. The van der Waals surface area contributed by atoms with Crippen LogP contribution in [0.25, 0.3) is 0 Å². The number of unbranched alkanes of at least 4 members (excludes halogenated alkanes) is 1. The van der Waals surface area contributed by atoms with Gasteiger partial charge in [0.15, 0.2) is 0 Å². The van der Waals surface area contributed by atoms with Crippen LogP contribution in [0.15, 0.2) is 0 Å². The summed E-state index contributed by atoms with van der Waals surface area (Å²) in [6.45, 7) is 9.68. The lowest BCUT2D eigenvalue weighted by Gasteiger charge is -2.39. The third-order valence-corrected chi connectivity index (χ3v) is 4.27. The van der Waals surface area contributed by atoms with Crippen molar-refractivity contribution in [3.63, 3.8) is 0 Å². The average Bonchev–Trinajstić information content (AvgIpc) is 2.12. The molecule has 0 heteroatoms. The van der Waals surface area contributed by atoms with Crippen molar-refractivity contribution in [2.45, 2.75) is 59.8 Å². The molecular weight excluding hydrogens is 156 g/mol. The molecule has 0 N–H and O–H groups in total. The highest BCUT2D eigenvalue weighted by Crippen LogP contribution is 2.40. The fourth-order valence-corrected chi connectivity index (χ4v) is 2.93. The summed E-state index contributed by atoms with van der Waals surface area (Å²) in [5, 5.41) is 0. The maximum Gasteiger partial charge on any atom is -0.0360 e. The molecule has 0 aromatic carbocycles. The monoisotopic (exact) mass is 182 g/mol. The summed E-state index contributed by atoms with van der Waals surface area (Å²) in [5.41, 5.74) is 0. The van der Waals surface area contributed by atoms with Crippen molar-refractivity contribution < 1.29 is 0 Å². The van der Waals surface area contributed by atoms with Gasteiger partial charge in [0.25, 0.3) is 0 Å². The predicted molar refractivity (Wildman–Crippen MR) is 59.7 cm³/mol. The first-order valence-electron chi connectivity index (χ1n) is 6.16. The van der Waals surface area contributed by atoms with Gasteiger partial charge >= 0.3 is 0 Å². The summed E-state index contributed by atoms with van der Waals surface area (Å²) in [5.74, 6) is 3.94. The Labute approximate surface area is 84.1 Å². The minimum absolute atomic E-state index is 0.968. The SMILES string of the molecule is CCCCC1C(C)CCC(C)C1C. The molecule has 0 spiro atoms. The van der Waals surface area contributed by atoms with Crippen molar-refractivity contribution in [2.75, 3.05) is 0 Å². The lowest BCUT2D eigenvalue weighted by molar-refractivity contribution is 0.112. The molecule has 1 aliphatic rings. The summed E-state index contributed by atoms with van der Waals surface area (Å²) >= 11 is 0. The van der Waals surface area contributed by atoms with E-state index in [0.29, 0.717) is 0 Å². The Kier molecular flexibility index (Phi) is 4.28. The molecule has 0 heterocycles. The zero-order valence-corrected chi connectivity index (χ0v) is 9.84. The fraction of sp³-hybridized carbons (Fsp3) is 1.00. The van der Waals surface area contributed by atoms with Gasteiger partial charge in [-0.3, -0.25) is 0 Å². The molecule has 0 radical (unpaired) electrons. The Morgan fingerprint density at radius 3 is 2.23 bits per heavy atom. The van der Waals surface area contributed by atoms with Crippen molar-refractivity contribution in [1.29, 1.82) is 0 Å². The molecule has 0 saturated heterocycles. The molecule has 1 aliphatic carbocycles. The van der Waals surface area contributed by atoms with Gasteiger partial charge in [-0.05, 0) is 30.1 Å². The molecule has 0 bridgehead atoms. The van der Waals surface area contributed by atoms with Gasteiger partial charge in [-0.2, -0.15) is 0 Å². The van der Waals surface area contributed by atoms with Crippen LogP contribution in [-0.4, -0.2) is 0 Å². The van der Waals surface area contributed by atoms with E-state index in [2.05, 4.69) is 27.7 Å². The molecule has 4 unspecified atom stereocenters. The topological polar surface area (TPSA) is 0 Å². The Balaban J connectivity index is 2.45. The maximum absolute atomic E-state index is 2.47. The van der Waals surface area contributed by atoms with E-state index in [1.54, 1.807) is 0 Å². The van der Waals surface area contributed by atoms with Gasteiger partial charge in [0.1, 0.15) is 0 Å². The zero-order chi connectivity index (χ0) is 9.84. The molecule has 0 aromatic rings. The van der Waals surface area contributed by atoms with Gasteiger partial charge in [-0.1, -0.05) is 53.4 Å². The smallest absolute Gasteiger partial charge is 0.0360 e. The first-order chi connectivity index (χ1) is 6.16. The molecule has 13 heavy (non-hydrogen) atoms. The normalized spacial score (nSPS) is 40.6. The third-order valence-electron chi connectivity index (χ3n) is 4.27. The molecule has 0 nitrogen and oxygen atoms in total. The lowest BCUT2D eigenvalue weighted by Crippen LogP contribution is -2.30. The van der Waals surface area contributed by atoms with Crippen molar-refractivity contribution in [2.24, 2.45) is 23.7 Å². The van der Waals surface area contributed by atoms with Crippen molar-refractivity contribution in [3.8, 4) is 0 Å². The van der Waals surface area contributed by atoms with E-state index in [9.17, 15) is 0 Å². The van der Waals surface area contributed by atoms with Crippen LogP contribution in [0.2, 0.25) is 0 Å². The van der Waals surface area contributed by atoms with Crippen LogP contribution in [-0.2, 0) is 0 Å². The zero-order valence-electron chi connectivity index (χ0n) is 9.84. The molecule has 1 saturated carbocycles. The Bertz CT molecular complexity index is 139. The van der Waals surface area contributed by atoms with Gasteiger partial charge in [-0.15, -0.1) is 0 Å². The van der Waals surface area contributed by atoms with E-state index in [1.165, 1.54) is 32.1 Å². The van der Waals surface area contributed by atoms with Crippen molar-refractivity contribution in [1.82, 2.24) is 0 Å². The molecule has 1 fully saturated rings. The van der Waals surface area contributed by atoms with Gasteiger partial charge in [0.05, 0.1) is 0 Å². The van der Waals surface area contributed by atoms with Crippen LogP contribution < -0.4 is 0 Å². The standard InChI is InChI=1S/C13H26/c1-5-6-7-13-11(3)9-8-10(2)12(13)4/h10-13H,5-9H2,1-4H3. The van der Waals surface area contributed by atoms with E-state index in [1.807, 2.05) is 0 Å². The Morgan fingerprint density at radius 1 is 1.00 bits per heavy atom. The summed E-state index contributed by atoms with van der Waals surface area (Å²) in [4.78, 5) is 0. The summed E-state index contributed by atoms with van der Waals surface area (Å²) < 4.78 is 0. The molecule has 0 amide bonds. The second kappa shape index (κ2) is 5.02. The van der Waals surface area contributed by atoms with Gasteiger partial charge in [-0.25, -0.2) is 0 Å². The van der Waals surface area contributed by atoms with Crippen LogP contribution in [0, 0.1) is 23.7 Å². The highest BCUT2D eigenvalue weighted by Gasteiger charge is 2.31. The highest BCUT2D eigenvalue weighted by molar-refractivity contribution is 4.81. The van der Waals surface area contributed by atoms with E-state index in [4.69, 9.17) is 0 Å².